The second kappa shape index (κ2) is 3.30. The third-order valence-electron chi connectivity index (χ3n) is 2.68. The lowest BCUT2D eigenvalue weighted by Gasteiger charge is -2.25. The molecule has 0 bridgehead atoms. The average Bonchev–Trinajstić information content (AvgIpc) is 2.25. The monoisotopic (exact) mass is 176 g/mol. The Morgan fingerprint density at radius 2 is 2.17 bits per heavy atom. The van der Waals surface area contributed by atoms with Crippen LogP contribution in [0.2, 0.25) is 0 Å². The van der Waals surface area contributed by atoms with Crippen molar-refractivity contribution >= 4 is 0 Å². The average molecular weight is 176 g/mol. The van der Waals surface area contributed by atoms with Gasteiger partial charge in [0.2, 0.25) is 0 Å². The van der Waals surface area contributed by atoms with Crippen LogP contribution < -0.4 is 0 Å². The van der Waals surface area contributed by atoms with Crippen molar-refractivity contribution in [2.75, 3.05) is 13.7 Å². The topological polar surface area (TPSA) is 58.9 Å². The quantitative estimate of drug-likeness (QED) is 0.608. The normalized spacial score (nSPS) is 48.2. The number of methoxy groups -OCH3 is 1. The predicted molar refractivity (Wildman–Crippen MR) is 42.5 cm³/mol. The number of rotatable bonds is 2. The molecule has 1 saturated heterocycles. The van der Waals surface area contributed by atoms with Crippen molar-refractivity contribution in [3.05, 3.63) is 0 Å². The minimum atomic E-state index is -1.00. The minimum Gasteiger partial charge on any atom is -0.394 e. The van der Waals surface area contributed by atoms with Crippen LogP contribution in [0, 0.1) is 5.92 Å². The first-order chi connectivity index (χ1) is 5.54. The smallest absolute Gasteiger partial charge is 0.163 e. The van der Waals surface area contributed by atoms with Gasteiger partial charge in [0.1, 0.15) is 6.10 Å². The fourth-order valence-electron chi connectivity index (χ4n) is 1.47. The second-order valence-electron chi connectivity index (χ2n) is 3.43. The molecule has 4 unspecified atom stereocenters. The fraction of sp³-hybridized carbons (Fsp3) is 1.00. The molecule has 4 nitrogen and oxygen atoms in total. The largest absolute Gasteiger partial charge is 0.394 e. The summed E-state index contributed by atoms with van der Waals surface area (Å²) in [5.41, 5.74) is -1.00. The van der Waals surface area contributed by atoms with Crippen molar-refractivity contribution < 1.29 is 19.7 Å². The van der Waals surface area contributed by atoms with E-state index in [1.807, 2.05) is 6.92 Å². The van der Waals surface area contributed by atoms with Gasteiger partial charge in [0, 0.05) is 13.0 Å². The van der Waals surface area contributed by atoms with Crippen molar-refractivity contribution in [3.63, 3.8) is 0 Å². The first-order valence-corrected chi connectivity index (χ1v) is 4.05. The van der Waals surface area contributed by atoms with E-state index in [9.17, 15) is 5.11 Å². The van der Waals surface area contributed by atoms with Gasteiger partial charge in [-0.05, 0) is 6.92 Å². The molecule has 0 aromatic carbocycles. The first-order valence-electron chi connectivity index (χ1n) is 4.05. The number of ether oxygens (including phenoxy) is 2. The van der Waals surface area contributed by atoms with E-state index in [4.69, 9.17) is 14.6 Å². The molecule has 1 aliphatic heterocycles. The van der Waals surface area contributed by atoms with E-state index in [0.29, 0.717) is 0 Å². The summed E-state index contributed by atoms with van der Waals surface area (Å²) in [6.45, 7) is 3.30. The molecule has 0 amide bonds. The van der Waals surface area contributed by atoms with E-state index in [0.717, 1.165) is 0 Å². The van der Waals surface area contributed by atoms with Gasteiger partial charge in [-0.15, -0.1) is 0 Å². The van der Waals surface area contributed by atoms with E-state index >= 15 is 0 Å². The molecule has 4 heteroatoms. The standard InChI is InChI=1S/C8H16O4/c1-5-7(11-3)12-6(4-9)8(5,2)10/h5-7,9-10H,4H2,1-3H3. The molecule has 0 aromatic rings. The van der Waals surface area contributed by atoms with Crippen LogP contribution in [0.25, 0.3) is 0 Å². The number of aliphatic hydroxyl groups excluding tert-OH is 1. The molecule has 4 atom stereocenters. The highest BCUT2D eigenvalue weighted by Gasteiger charge is 2.50. The Labute approximate surface area is 72.1 Å². The Morgan fingerprint density at radius 1 is 1.58 bits per heavy atom. The van der Waals surface area contributed by atoms with Gasteiger partial charge in [0.15, 0.2) is 6.29 Å². The van der Waals surface area contributed by atoms with Crippen LogP contribution in [0.4, 0.5) is 0 Å². The summed E-state index contributed by atoms with van der Waals surface area (Å²) >= 11 is 0. The van der Waals surface area contributed by atoms with Gasteiger partial charge in [-0.1, -0.05) is 6.92 Å². The van der Waals surface area contributed by atoms with E-state index in [-0.39, 0.29) is 12.5 Å². The van der Waals surface area contributed by atoms with Crippen molar-refractivity contribution in [3.8, 4) is 0 Å². The van der Waals surface area contributed by atoms with E-state index < -0.39 is 18.0 Å². The van der Waals surface area contributed by atoms with Gasteiger partial charge < -0.3 is 19.7 Å². The van der Waals surface area contributed by atoms with Crippen LogP contribution in [0.5, 0.6) is 0 Å². The maximum Gasteiger partial charge on any atom is 0.163 e. The van der Waals surface area contributed by atoms with Gasteiger partial charge in [-0.25, -0.2) is 0 Å². The summed E-state index contributed by atoms with van der Waals surface area (Å²) in [5.74, 6) is -0.125. The van der Waals surface area contributed by atoms with Gasteiger partial charge in [-0.3, -0.25) is 0 Å². The van der Waals surface area contributed by atoms with Crippen LogP contribution in [0.1, 0.15) is 13.8 Å². The Bertz CT molecular complexity index is 153. The Morgan fingerprint density at radius 3 is 2.42 bits per heavy atom. The van der Waals surface area contributed by atoms with Crippen LogP contribution >= 0.6 is 0 Å². The number of hydrogen-bond donors (Lipinski definition) is 2. The summed E-state index contributed by atoms with van der Waals surface area (Å²) in [5, 5.41) is 18.8. The lowest BCUT2D eigenvalue weighted by molar-refractivity contribution is -0.139. The lowest BCUT2D eigenvalue weighted by atomic mass is 9.88. The highest BCUT2D eigenvalue weighted by molar-refractivity contribution is 4.95. The third-order valence-corrected chi connectivity index (χ3v) is 2.68. The zero-order valence-corrected chi connectivity index (χ0v) is 7.65. The van der Waals surface area contributed by atoms with Gasteiger partial charge >= 0.3 is 0 Å². The molecule has 1 rings (SSSR count). The Kier molecular flexibility index (Phi) is 2.73. The van der Waals surface area contributed by atoms with Gasteiger partial charge in [0.25, 0.3) is 0 Å². The molecule has 2 N–H and O–H groups in total. The maximum absolute atomic E-state index is 9.86. The summed E-state index contributed by atoms with van der Waals surface area (Å²) in [7, 11) is 1.52. The van der Waals surface area contributed by atoms with Crippen LogP contribution in [-0.2, 0) is 9.47 Å². The summed E-state index contributed by atoms with van der Waals surface area (Å²) in [6, 6.07) is 0. The van der Waals surface area contributed by atoms with Crippen molar-refractivity contribution in [1.82, 2.24) is 0 Å². The molecule has 1 fully saturated rings. The van der Waals surface area contributed by atoms with Crippen LogP contribution in [-0.4, -0.2) is 41.9 Å². The van der Waals surface area contributed by atoms with E-state index in [1.54, 1.807) is 6.92 Å². The Hall–Kier alpha value is -0.160. The van der Waals surface area contributed by atoms with Crippen molar-refractivity contribution in [1.29, 1.82) is 0 Å². The van der Waals surface area contributed by atoms with Crippen LogP contribution in [0.3, 0.4) is 0 Å². The molecule has 0 saturated carbocycles. The predicted octanol–water partition coefficient (Wildman–Crippen LogP) is -0.263. The third kappa shape index (κ3) is 1.35. The molecule has 72 valence electrons. The highest BCUT2D eigenvalue weighted by Crippen LogP contribution is 2.35. The summed E-state index contributed by atoms with van der Waals surface area (Å²) < 4.78 is 10.3. The number of hydrogen-bond acceptors (Lipinski definition) is 4. The molecule has 0 radical (unpaired) electrons. The van der Waals surface area contributed by atoms with Crippen LogP contribution in [0.15, 0.2) is 0 Å². The molecule has 0 spiro atoms. The first kappa shape index (κ1) is 9.92. The van der Waals surface area contributed by atoms with E-state index in [2.05, 4.69) is 0 Å². The van der Waals surface area contributed by atoms with Gasteiger partial charge in [-0.2, -0.15) is 0 Å². The van der Waals surface area contributed by atoms with Gasteiger partial charge in [0.05, 0.1) is 12.2 Å². The zero-order chi connectivity index (χ0) is 9.35. The highest BCUT2D eigenvalue weighted by atomic mass is 16.7. The molecule has 0 aromatic heterocycles. The molecule has 1 aliphatic rings. The Balaban J connectivity index is 2.73. The summed E-state index contributed by atoms with van der Waals surface area (Å²) in [6.07, 6.45) is -0.963. The molecular weight excluding hydrogens is 160 g/mol. The molecular formula is C8H16O4. The fourth-order valence-corrected chi connectivity index (χ4v) is 1.47. The van der Waals surface area contributed by atoms with E-state index in [1.165, 1.54) is 7.11 Å². The number of aliphatic hydroxyl groups is 2. The lowest BCUT2D eigenvalue weighted by Crippen LogP contribution is -2.42. The second-order valence-corrected chi connectivity index (χ2v) is 3.43. The molecule has 0 aliphatic carbocycles. The van der Waals surface area contributed by atoms with Crippen molar-refractivity contribution in [2.24, 2.45) is 5.92 Å². The SMILES string of the molecule is COC1OC(CO)C(C)(O)C1C. The molecule has 12 heavy (non-hydrogen) atoms. The van der Waals surface area contributed by atoms with Crippen molar-refractivity contribution in [2.45, 2.75) is 31.8 Å². The maximum atomic E-state index is 9.86. The zero-order valence-electron chi connectivity index (χ0n) is 7.65. The minimum absolute atomic E-state index is 0.125. The summed E-state index contributed by atoms with van der Waals surface area (Å²) in [4.78, 5) is 0. The molecule has 1 heterocycles.